The SMILES string of the molecule is C[C@H](O)c1ccc2ccccc2c1OC/C=C/Cl. The Balaban J connectivity index is 2.51. The molecular weight excluding hydrogens is 248 g/mol. The molecule has 0 aliphatic carbocycles. The molecule has 0 amide bonds. The summed E-state index contributed by atoms with van der Waals surface area (Å²) in [7, 11) is 0. The van der Waals surface area contributed by atoms with Gasteiger partial charge in [0.25, 0.3) is 0 Å². The molecule has 0 aromatic heterocycles. The lowest BCUT2D eigenvalue weighted by Crippen LogP contribution is -2.01. The van der Waals surface area contributed by atoms with Gasteiger partial charge in [0.15, 0.2) is 0 Å². The molecule has 0 unspecified atom stereocenters. The van der Waals surface area contributed by atoms with Crippen LogP contribution in [0.25, 0.3) is 10.8 Å². The Bertz CT molecular complexity index is 561. The molecule has 0 saturated heterocycles. The summed E-state index contributed by atoms with van der Waals surface area (Å²) in [6.07, 6.45) is 1.15. The van der Waals surface area contributed by atoms with Crippen molar-refractivity contribution >= 4 is 22.4 Å². The van der Waals surface area contributed by atoms with E-state index in [0.29, 0.717) is 6.61 Å². The molecule has 1 N–H and O–H groups in total. The quantitative estimate of drug-likeness (QED) is 0.902. The van der Waals surface area contributed by atoms with Gasteiger partial charge in [0.1, 0.15) is 12.4 Å². The number of benzene rings is 2. The lowest BCUT2D eigenvalue weighted by Gasteiger charge is -2.15. The number of aliphatic hydroxyl groups excluding tert-OH is 1. The lowest BCUT2D eigenvalue weighted by molar-refractivity contribution is 0.193. The zero-order valence-corrected chi connectivity index (χ0v) is 10.9. The molecule has 2 aromatic carbocycles. The second-order valence-corrected chi connectivity index (χ2v) is 4.31. The van der Waals surface area contributed by atoms with Crippen LogP contribution in [0.2, 0.25) is 0 Å². The van der Waals surface area contributed by atoms with Crippen molar-refractivity contribution < 1.29 is 9.84 Å². The highest BCUT2D eigenvalue weighted by molar-refractivity contribution is 6.25. The van der Waals surface area contributed by atoms with E-state index in [2.05, 4.69) is 0 Å². The fourth-order valence-electron chi connectivity index (χ4n) is 1.92. The summed E-state index contributed by atoms with van der Waals surface area (Å²) in [5.74, 6) is 0.720. The maximum Gasteiger partial charge on any atom is 0.133 e. The minimum absolute atomic E-state index is 0.386. The van der Waals surface area contributed by atoms with Crippen LogP contribution in [0.4, 0.5) is 0 Å². The fourth-order valence-corrected chi connectivity index (χ4v) is 1.99. The van der Waals surface area contributed by atoms with Crippen molar-refractivity contribution in [3.8, 4) is 5.75 Å². The minimum atomic E-state index is -0.565. The number of fused-ring (bicyclic) bond motifs is 1. The summed E-state index contributed by atoms with van der Waals surface area (Å²) in [4.78, 5) is 0. The first-order valence-electron chi connectivity index (χ1n) is 5.81. The van der Waals surface area contributed by atoms with Gasteiger partial charge in [-0.1, -0.05) is 48.0 Å². The Hall–Kier alpha value is -1.51. The normalized spacial score (nSPS) is 13.1. The van der Waals surface area contributed by atoms with Crippen LogP contribution < -0.4 is 4.74 Å². The van der Waals surface area contributed by atoms with Gasteiger partial charge in [0.05, 0.1) is 6.10 Å². The standard InChI is InChI=1S/C15H15ClO2/c1-11(17)13-8-7-12-5-2-3-6-14(12)15(13)18-10-4-9-16/h2-9,11,17H,10H2,1H3/b9-4+/t11-/m0/s1. The molecule has 0 saturated carbocycles. The van der Waals surface area contributed by atoms with Crippen LogP contribution >= 0.6 is 11.6 Å². The summed E-state index contributed by atoms with van der Waals surface area (Å²) < 4.78 is 5.72. The molecule has 0 fully saturated rings. The Morgan fingerprint density at radius 3 is 2.78 bits per heavy atom. The van der Waals surface area contributed by atoms with E-state index in [1.165, 1.54) is 5.54 Å². The van der Waals surface area contributed by atoms with Crippen molar-refractivity contribution in [2.75, 3.05) is 6.61 Å². The first-order chi connectivity index (χ1) is 8.74. The molecule has 94 valence electrons. The van der Waals surface area contributed by atoms with Crippen LogP contribution in [-0.4, -0.2) is 11.7 Å². The molecular formula is C15H15ClO2. The Morgan fingerprint density at radius 2 is 2.06 bits per heavy atom. The maximum atomic E-state index is 9.80. The van der Waals surface area contributed by atoms with Gasteiger partial charge in [0, 0.05) is 16.5 Å². The third kappa shape index (κ3) is 2.66. The van der Waals surface area contributed by atoms with Gasteiger partial charge in [-0.25, -0.2) is 0 Å². The summed E-state index contributed by atoms with van der Waals surface area (Å²) in [5, 5.41) is 11.9. The van der Waals surface area contributed by atoms with Crippen LogP contribution in [0.3, 0.4) is 0 Å². The summed E-state index contributed by atoms with van der Waals surface area (Å²) in [5.41, 5.74) is 2.21. The first-order valence-corrected chi connectivity index (χ1v) is 6.25. The third-order valence-electron chi connectivity index (χ3n) is 2.77. The van der Waals surface area contributed by atoms with Crippen molar-refractivity contribution in [2.45, 2.75) is 13.0 Å². The highest BCUT2D eigenvalue weighted by Gasteiger charge is 2.12. The molecule has 2 aromatic rings. The van der Waals surface area contributed by atoms with Gasteiger partial charge in [-0.2, -0.15) is 0 Å². The van der Waals surface area contributed by atoms with E-state index in [1.54, 1.807) is 13.0 Å². The van der Waals surface area contributed by atoms with E-state index in [0.717, 1.165) is 22.1 Å². The van der Waals surface area contributed by atoms with Crippen molar-refractivity contribution in [2.24, 2.45) is 0 Å². The number of aliphatic hydroxyl groups is 1. The zero-order chi connectivity index (χ0) is 13.0. The number of hydrogen-bond acceptors (Lipinski definition) is 2. The summed E-state index contributed by atoms with van der Waals surface area (Å²) >= 11 is 5.48. The molecule has 18 heavy (non-hydrogen) atoms. The Labute approximate surface area is 111 Å². The molecule has 0 bridgehead atoms. The molecule has 0 heterocycles. The average molecular weight is 263 g/mol. The molecule has 2 nitrogen and oxygen atoms in total. The van der Waals surface area contributed by atoms with E-state index in [-0.39, 0.29) is 0 Å². The highest BCUT2D eigenvalue weighted by Crippen LogP contribution is 2.33. The predicted octanol–water partition coefficient (Wildman–Crippen LogP) is 4.02. The van der Waals surface area contributed by atoms with Crippen molar-refractivity contribution in [1.82, 2.24) is 0 Å². The fraction of sp³-hybridized carbons (Fsp3) is 0.200. The van der Waals surface area contributed by atoms with E-state index in [1.807, 2.05) is 36.4 Å². The van der Waals surface area contributed by atoms with Crippen LogP contribution in [-0.2, 0) is 0 Å². The van der Waals surface area contributed by atoms with E-state index in [9.17, 15) is 5.11 Å². The third-order valence-corrected chi connectivity index (χ3v) is 2.95. The smallest absolute Gasteiger partial charge is 0.133 e. The van der Waals surface area contributed by atoms with Crippen LogP contribution in [0, 0.1) is 0 Å². The largest absolute Gasteiger partial charge is 0.488 e. The van der Waals surface area contributed by atoms with Gasteiger partial charge < -0.3 is 9.84 Å². The maximum absolute atomic E-state index is 9.80. The number of ether oxygens (including phenoxy) is 1. The van der Waals surface area contributed by atoms with Gasteiger partial charge in [-0.3, -0.25) is 0 Å². The zero-order valence-electron chi connectivity index (χ0n) is 10.1. The molecule has 3 heteroatoms. The molecule has 0 aliphatic heterocycles. The summed E-state index contributed by atoms with van der Waals surface area (Å²) in [6, 6.07) is 11.8. The second kappa shape index (κ2) is 5.89. The van der Waals surface area contributed by atoms with Crippen LogP contribution in [0.1, 0.15) is 18.6 Å². The molecule has 0 aliphatic rings. The highest BCUT2D eigenvalue weighted by atomic mass is 35.5. The molecule has 0 spiro atoms. The topological polar surface area (TPSA) is 29.5 Å². The van der Waals surface area contributed by atoms with Gasteiger partial charge in [0.2, 0.25) is 0 Å². The average Bonchev–Trinajstić information content (AvgIpc) is 2.38. The van der Waals surface area contributed by atoms with Crippen molar-refractivity contribution in [1.29, 1.82) is 0 Å². The Kier molecular flexibility index (Phi) is 4.24. The number of hydrogen-bond donors (Lipinski definition) is 1. The second-order valence-electron chi connectivity index (χ2n) is 4.05. The van der Waals surface area contributed by atoms with E-state index in [4.69, 9.17) is 16.3 Å². The molecule has 0 radical (unpaired) electrons. The van der Waals surface area contributed by atoms with Gasteiger partial charge >= 0.3 is 0 Å². The minimum Gasteiger partial charge on any atom is -0.488 e. The van der Waals surface area contributed by atoms with E-state index < -0.39 is 6.10 Å². The first kappa shape index (κ1) is 12.9. The number of halogens is 1. The number of rotatable bonds is 4. The summed E-state index contributed by atoms with van der Waals surface area (Å²) in [6.45, 7) is 2.12. The lowest BCUT2D eigenvalue weighted by atomic mass is 10.0. The monoisotopic (exact) mass is 262 g/mol. The molecule has 1 atom stereocenters. The van der Waals surface area contributed by atoms with Gasteiger partial charge in [-0.15, -0.1) is 0 Å². The van der Waals surface area contributed by atoms with Crippen LogP contribution in [0.5, 0.6) is 5.75 Å². The molecule has 2 rings (SSSR count). The van der Waals surface area contributed by atoms with Crippen molar-refractivity contribution in [3.63, 3.8) is 0 Å². The Morgan fingerprint density at radius 1 is 1.28 bits per heavy atom. The van der Waals surface area contributed by atoms with Gasteiger partial charge in [-0.05, 0) is 18.4 Å². The van der Waals surface area contributed by atoms with E-state index >= 15 is 0 Å². The van der Waals surface area contributed by atoms with Crippen molar-refractivity contribution in [3.05, 3.63) is 53.6 Å². The van der Waals surface area contributed by atoms with Crippen LogP contribution in [0.15, 0.2) is 48.0 Å². The predicted molar refractivity (Wildman–Crippen MR) is 75.1 cm³/mol.